The summed E-state index contributed by atoms with van der Waals surface area (Å²) < 4.78 is 0. The molecular formula is C16H23NO. The minimum absolute atomic E-state index is 0.103. The summed E-state index contributed by atoms with van der Waals surface area (Å²) in [5, 5.41) is 13.0. The fraction of sp³-hybridized carbons (Fsp3) is 0.625. The van der Waals surface area contributed by atoms with Crippen LogP contribution < -0.4 is 5.32 Å². The van der Waals surface area contributed by atoms with Crippen LogP contribution in [0.1, 0.15) is 37.7 Å². The molecule has 2 saturated carbocycles. The van der Waals surface area contributed by atoms with Crippen LogP contribution in [0.25, 0.3) is 0 Å². The van der Waals surface area contributed by atoms with Crippen molar-refractivity contribution < 1.29 is 5.11 Å². The smallest absolute Gasteiger partial charge is 0.0613 e. The molecule has 0 saturated heterocycles. The second-order valence-electron chi connectivity index (χ2n) is 6.15. The van der Waals surface area contributed by atoms with Crippen LogP contribution in [0.3, 0.4) is 0 Å². The zero-order valence-electron chi connectivity index (χ0n) is 10.9. The minimum Gasteiger partial charge on any atom is -0.394 e. The summed E-state index contributed by atoms with van der Waals surface area (Å²) in [7, 11) is 0. The molecule has 3 rings (SSSR count). The predicted octanol–water partition coefficient (Wildman–Crippen LogP) is 2.51. The zero-order valence-corrected chi connectivity index (χ0v) is 10.9. The lowest BCUT2D eigenvalue weighted by Gasteiger charge is -2.20. The van der Waals surface area contributed by atoms with Crippen molar-refractivity contribution in [3.05, 3.63) is 35.9 Å². The quantitative estimate of drug-likeness (QED) is 0.835. The average molecular weight is 245 g/mol. The average Bonchev–Trinajstić information content (AvgIpc) is 3.04. The van der Waals surface area contributed by atoms with Crippen LogP contribution in [-0.4, -0.2) is 23.3 Å². The summed E-state index contributed by atoms with van der Waals surface area (Å²) >= 11 is 0. The van der Waals surface area contributed by atoms with Crippen molar-refractivity contribution >= 4 is 0 Å². The van der Waals surface area contributed by atoms with E-state index in [1.165, 1.54) is 31.2 Å². The van der Waals surface area contributed by atoms with Crippen molar-refractivity contribution in [2.75, 3.05) is 6.61 Å². The second kappa shape index (κ2) is 5.02. The third-order valence-electron chi connectivity index (χ3n) is 4.57. The number of aliphatic hydroxyl groups is 1. The molecule has 0 aliphatic heterocycles. The van der Waals surface area contributed by atoms with Crippen LogP contribution in [0, 0.1) is 5.92 Å². The van der Waals surface area contributed by atoms with Crippen molar-refractivity contribution in [2.45, 2.75) is 50.1 Å². The van der Waals surface area contributed by atoms with Gasteiger partial charge in [-0.3, -0.25) is 0 Å². The van der Waals surface area contributed by atoms with Crippen LogP contribution >= 0.6 is 0 Å². The van der Waals surface area contributed by atoms with Gasteiger partial charge in [0.25, 0.3) is 0 Å². The molecule has 0 aromatic heterocycles. The van der Waals surface area contributed by atoms with Crippen molar-refractivity contribution in [3.63, 3.8) is 0 Å². The highest BCUT2D eigenvalue weighted by Crippen LogP contribution is 2.38. The SMILES string of the molecule is OCC1(NC2CCC(Cc3ccccc3)C2)CC1. The molecule has 1 aromatic rings. The van der Waals surface area contributed by atoms with Crippen LogP contribution in [0.4, 0.5) is 0 Å². The molecule has 0 radical (unpaired) electrons. The molecule has 98 valence electrons. The van der Waals surface area contributed by atoms with Crippen LogP contribution in [0.15, 0.2) is 30.3 Å². The molecule has 2 aliphatic carbocycles. The lowest BCUT2D eigenvalue weighted by atomic mass is 9.98. The summed E-state index contributed by atoms with van der Waals surface area (Å²) in [5.74, 6) is 0.819. The normalized spacial score (nSPS) is 29.4. The van der Waals surface area contributed by atoms with Gasteiger partial charge < -0.3 is 10.4 Å². The number of benzene rings is 1. The molecule has 2 atom stereocenters. The maximum Gasteiger partial charge on any atom is 0.0613 e. The van der Waals surface area contributed by atoms with E-state index in [4.69, 9.17) is 0 Å². The van der Waals surface area contributed by atoms with Crippen LogP contribution in [0.2, 0.25) is 0 Å². The van der Waals surface area contributed by atoms with E-state index in [0.29, 0.717) is 12.6 Å². The summed E-state index contributed by atoms with van der Waals surface area (Å²) in [6.07, 6.45) is 7.40. The van der Waals surface area contributed by atoms with E-state index >= 15 is 0 Å². The Morgan fingerprint density at radius 1 is 1.17 bits per heavy atom. The van der Waals surface area contributed by atoms with Crippen molar-refractivity contribution in [2.24, 2.45) is 5.92 Å². The minimum atomic E-state index is 0.103. The van der Waals surface area contributed by atoms with Gasteiger partial charge in [-0.25, -0.2) is 0 Å². The van der Waals surface area contributed by atoms with E-state index < -0.39 is 0 Å². The Hall–Kier alpha value is -0.860. The number of aliphatic hydroxyl groups excluding tert-OH is 1. The zero-order chi connectivity index (χ0) is 12.4. The number of rotatable bonds is 5. The number of hydrogen-bond acceptors (Lipinski definition) is 2. The van der Waals surface area contributed by atoms with Gasteiger partial charge in [-0.2, -0.15) is 0 Å². The topological polar surface area (TPSA) is 32.3 Å². The number of hydrogen-bond donors (Lipinski definition) is 2. The Bertz CT molecular complexity index is 385. The van der Waals surface area contributed by atoms with Gasteiger partial charge in [-0.1, -0.05) is 30.3 Å². The molecule has 2 unspecified atom stereocenters. The van der Waals surface area contributed by atoms with Gasteiger partial charge in [-0.15, -0.1) is 0 Å². The van der Waals surface area contributed by atoms with Crippen LogP contribution in [0.5, 0.6) is 0 Å². The molecule has 2 N–H and O–H groups in total. The van der Waals surface area contributed by atoms with E-state index in [-0.39, 0.29) is 5.54 Å². The first-order valence-corrected chi connectivity index (χ1v) is 7.22. The Morgan fingerprint density at radius 2 is 1.94 bits per heavy atom. The molecule has 0 heterocycles. The molecule has 18 heavy (non-hydrogen) atoms. The molecule has 0 amide bonds. The summed E-state index contributed by atoms with van der Waals surface area (Å²) in [6.45, 7) is 0.312. The molecule has 2 fully saturated rings. The van der Waals surface area contributed by atoms with Gasteiger partial charge in [0.2, 0.25) is 0 Å². The first-order valence-electron chi connectivity index (χ1n) is 7.22. The molecule has 0 bridgehead atoms. The van der Waals surface area contributed by atoms with E-state index in [1.807, 2.05) is 0 Å². The van der Waals surface area contributed by atoms with Gasteiger partial charge >= 0.3 is 0 Å². The molecule has 0 spiro atoms. The summed E-state index contributed by atoms with van der Waals surface area (Å²) in [6, 6.07) is 11.4. The predicted molar refractivity (Wildman–Crippen MR) is 73.5 cm³/mol. The second-order valence-corrected chi connectivity index (χ2v) is 6.15. The Labute approximate surface area is 109 Å². The molecule has 2 aliphatic rings. The fourth-order valence-electron chi connectivity index (χ4n) is 3.27. The maximum absolute atomic E-state index is 9.36. The highest BCUT2D eigenvalue weighted by molar-refractivity contribution is 5.15. The van der Waals surface area contributed by atoms with Gasteiger partial charge in [-0.05, 0) is 50.0 Å². The maximum atomic E-state index is 9.36. The highest BCUT2D eigenvalue weighted by atomic mass is 16.3. The molecule has 2 heteroatoms. The summed E-state index contributed by atoms with van der Waals surface area (Å²) in [4.78, 5) is 0. The lowest BCUT2D eigenvalue weighted by molar-refractivity contribution is 0.217. The molecule has 1 aromatic carbocycles. The molecule has 2 nitrogen and oxygen atoms in total. The monoisotopic (exact) mass is 245 g/mol. The van der Waals surface area contributed by atoms with Gasteiger partial charge in [0.15, 0.2) is 0 Å². The number of nitrogens with one attached hydrogen (secondary N) is 1. The van der Waals surface area contributed by atoms with Crippen molar-refractivity contribution in [3.8, 4) is 0 Å². The highest BCUT2D eigenvalue weighted by Gasteiger charge is 2.44. The Kier molecular flexibility index (Phi) is 3.40. The van der Waals surface area contributed by atoms with Crippen molar-refractivity contribution in [1.29, 1.82) is 0 Å². The first kappa shape index (κ1) is 12.2. The summed E-state index contributed by atoms with van der Waals surface area (Å²) in [5.41, 5.74) is 1.57. The fourth-order valence-corrected chi connectivity index (χ4v) is 3.27. The third-order valence-corrected chi connectivity index (χ3v) is 4.57. The Balaban J connectivity index is 1.50. The van der Waals surface area contributed by atoms with Crippen LogP contribution in [-0.2, 0) is 6.42 Å². The van der Waals surface area contributed by atoms with E-state index in [9.17, 15) is 5.11 Å². The lowest BCUT2D eigenvalue weighted by Crippen LogP contribution is -2.41. The van der Waals surface area contributed by atoms with E-state index in [0.717, 1.165) is 18.8 Å². The Morgan fingerprint density at radius 3 is 2.61 bits per heavy atom. The standard InChI is InChI=1S/C16H23NO/c18-12-16(8-9-16)17-15-7-6-14(11-15)10-13-4-2-1-3-5-13/h1-5,14-15,17-18H,6-12H2. The van der Waals surface area contributed by atoms with Gasteiger partial charge in [0.05, 0.1) is 6.61 Å². The van der Waals surface area contributed by atoms with Crippen molar-refractivity contribution in [1.82, 2.24) is 5.32 Å². The first-order chi connectivity index (χ1) is 8.80. The van der Waals surface area contributed by atoms with E-state index in [1.54, 1.807) is 0 Å². The third kappa shape index (κ3) is 2.76. The molecular weight excluding hydrogens is 222 g/mol. The van der Waals surface area contributed by atoms with Gasteiger partial charge in [0.1, 0.15) is 0 Å². The van der Waals surface area contributed by atoms with Gasteiger partial charge in [0, 0.05) is 11.6 Å². The van der Waals surface area contributed by atoms with E-state index in [2.05, 4.69) is 35.6 Å². The largest absolute Gasteiger partial charge is 0.394 e.